The SMILES string of the molecule is CC(=O)[C@]1(O)CC[C@@H]2[C@H]3CCC4=C/C(=N\OCC(=O)NCCCCC(=O)O)CC[C@@]4(C)[C@@H]3CC[C@@]21C. The monoisotopic (exact) mass is 502 g/mol. The van der Waals surface area contributed by atoms with E-state index in [9.17, 15) is 19.5 Å². The Morgan fingerprint density at radius 2 is 1.83 bits per heavy atom. The van der Waals surface area contributed by atoms with Crippen molar-refractivity contribution < 1.29 is 29.4 Å². The number of carboxylic acids is 1. The van der Waals surface area contributed by atoms with Crippen LogP contribution in [0.3, 0.4) is 0 Å². The molecule has 0 heterocycles. The van der Waals surface area contributed by atoms with Gasteiger partial charge in [-0.2, -0.15) is 0 Å². The zero-order valence-corrected chi connectivity index (χ0v) is 22.0. The van der Waals surface area contributed by atoms with Gasteiger partial charge in [0.05, 0.1) is 5.71 Å². The molecule has 3 fully saturated rings. The van der Waals surface area contributed by atoms with Crippen molar-refractivity contribution in [3.05, 3.63) is 11.6 Å². The molecule has 8 nitrogen and oxygen atoms in total. The number of hydrogen-bond donors (Lipinski definition) is 3. The molecule has 4 aliphatic rings. The Labute approximate surface area is 213 Å². The van der Waals surface area contributed by atoms with Crippen LogP contribution in [0, 0.1) is 28.6 Å². The van der Waals surface area contributed by atoms with Gasteiger partial charge in [-0.3, -0.25) is 14.4 Å². The topological polar surface area (TPSA) is 125 Å². The Hall–Kier alpha value is -2.22. The van der Waals surface area contributed by atoms with Crippen LogP contribution in [0.5, 0.6) is 0 Å². The van der Waals surface area contributed by atoms with E-state index in [0.717, 1.165) is 50.7 Å². The van der Waals surface area contributed by atoms with E-state index in [1.165, 1.54) is 5.57 Å². The summed E-state index contributed by atoms with van der Waals surface area (Å²) in [6.07, 6.45) is 10.8. The number of allylic oxidation sites excluding steroid dienone is 2. The number of carboxylic acid groups (broad SMARTS) is 1. The summed E-state index contributed by atoms with van der Waals surface area (Å²) in [7, 11) is 0. The number of oxime groups is 1. The normalized spacial score (nSPS) is 38.4. The van der Waals surface area contributed by atoms with E-state index >= 15 is 0 Å². The highest BCUT2D eigenvalue weighted by Crippen LogP contribution is 2.67. The van der Waals surface area contributed by atoms with E-state index in [2.05, 4.69) is 30.4 Å². The van der Waals surface area contributed by atoms with Gasteiger partial charge < -0.3 is 20.4 Å². The van der Waals surface area contributed by atoms with E-state index in [1.54, 1.807) is 6.92 Å². The lowest BCUT2D eigenvalue weighted by Crippen LogP contribution is -2.57. The Kier molecular flexibility index (Phi) is 7.65. The van der Waals surface area contributed by atoms with Gasteiger partial charge in [0.15, 0.2) is 12.4 Å². The van der Waals surface area contributed by atoms with E-state index in [-0.39, 0.29) is 35.5 Å². The zero-order valence-electron chi connectivity index (χ0n) is 22.0. The molecule has 0 bridgehead atoms. The van der Waals surface area contributed by atoms with Gasteiger partial charge in [-0.15, -0.1) is 0 Å². The summed E-state index contributed by atoms with van der Waals surface area (Å²) in [6.45, 7) is 6.39. The number of nitrogens with one attached hydrogen (secondary N) is 1. The number of ketones is 1. The highest BCUT2D eigenvalue weighted by molar-refractivity contribution is 5.96. The van der Waals surface area contributed by atoms with Gasteiger partial charge in [-0.1, -0.05) is 24.6 Å². The van der Waals surface area contributed by atoms with E-state index < -0.39 is 11.6 Å². The molecule has 0 unspecified atom stereocenters. The summed E-state index contributed by atoms with van der Waals surface area (Å²) in [5.74, 6) is 0.333. The number of carbonyl (C=O) groups is 3. The number of Topliss-reactive ketones (excluding diaryl/α,β-unsaturated/α-hetero) is 1. The van der Waals surface area contributed by atoms with Crippen molar-refractivity contribution >= 4 is 23.4 Å². The minimum Gasteiger partial charge on any atom is -0.481 e. The second kappa shape index (κ2) is 10.3. The summed E-state index contributed by atoms with van der Waals surface area (Å²) in [5.41, 5.74) is 0.914. The number of aliphatic hydroxyl groups is 1. The molecule has 200 valence electrons. The van der Waals surface area contributed by atoms with Crippen LogP contribution in [0.25, 0.3) is 0 Å². The number of fused-ring (bicyclic) bond motifs is 5. The second-order valence-corrected chi connectivity index (χ2v) is 12.0. The van der Waals surface area contributed by atoms with Gasteiger partial charge in [-0.25, -0.2) is 0 Å². The average molecular weight is 503 g/mol. The molecule has 3 N–H and O–H groups in total. The summed E-state index contributed by atoms with van der Waals surface area (Å²) >= 11 is 0. The Balaban J connectivity index is 1.34. The maximum atomic E-state index is 12.4. The Morgan fingerprint density at radius 1 is 1.08 bits per heavy atom. The number of aliphatic carboxylic acids is 1. The largest absolute Gasteiger partial charge is 0.481 e. The lowest BCUT2D eigenvalue weighted by Gasteiger charge is -2.59. The number of carbonyl (C=O) groups excluding carboxylic acids is 2. The third-order valence-electron chi connectivity index (χ3n) is 10.2. The fourth-order valence-electron chi connectivity index (χ4n) is 8.09. The molecule has 0 aromatic heterocycles. The molecule has 0 aliphatic heterocycles. The number of unbranched alkanes of at least 4 members (excludes halogenated alkanes) is 1. The van der Waals surface area contributed by atoms with Crippen LogP contribution >= 0.6 is 0 Å². The van der Waals surface area contributed by atoms with Gasteiger partial charge >= 0.3 is 5.97 Å². The zero-order chi connectivity index (χ0) is 26.1. The van der Waals surface area contributed by atoms with Crippen LogP contribution < -0.4 is 5.32 Å². The van der Waals surface area contributed by atoms with Crippen molar-refractivity contribution in [3.8, 4) is 0 Å². The fraction of sp³-hybridized carbons (Fsp3) is 0.786. The van der Waals surface area contributed by atoms with Gasteiger partial charge in [0.25, 0.3) is 5.91 Å². The molecule has 0 radical (unpaired) electrons. The summed E-state index contributed by atoms with van der Waals surface area (Å²) < 4.78 is 0. The maximum Gasteiger partial charge on any atom is 0.303 e. The van der Waals surface area contributed by atoms with E-state index in [0.29, 0.717) is 43.6 Å². The van der Waals surface area contributed by atoms with Crippen molar-refractivity contribution in [1.29, 1.82) is 0 Å². The third kappa shape index (κ3) is 4.73. The molecule has 0 aromatic rings. The second-order valence-electron chi connectivity index (χ2n) is 12.0. The van der Waals surface area contributed by atoms with Crippen LogP contribution in [0.1, 0.15) is 91.4 Å². The van der Waals surface area contributed by atoms with Gasteiger partial charge in [0.1, 0.15) is 5.60 Å². The maximum absolute atomic E-state index is 12.4. The smallest absolute Gasteiger partial charge is 0.303 e. The van der Waals surface area contributed by atoms with Crippen LogP contribution in [0.4, 0.5) is 0 Å². The Morgan fingerprint density at radius 3 is 2.56 bits per heavy atom. The van der Waals surface area contributed by atoms with Crippen LogP contribution in [-0.4, -0.2) is 52.3 Å². The first-order chi connectivity index (χ1) is 17.0. The summed E-state index contributed by atoms with van der Waals surface area (Å²) in [4.78, 5) is 40.2. The number of amides is 1. The average Bonchev–Trinajstić information content (AvgIpc) is 3.11. The van der Waals surface area contributed by atoms with Crippen molar-refractivity contribution in [1.82, 2.24) is 5.32 Å². The van der Waals surface area contributed by atoms with Crippen LogP contribution in [0.15, 0.2) is 16.8 Å². The summed E-state index contributed by atoms with van der Waals surface area (Å²) in [6, 6.07) is 0. The lowest BCUT2D eigenvalue weighted by molar-refractivity contribution is -0.159. The van der Waals surface area contributed by atoms with E-state index in [4.69, 9.17) is 9.94 Å². The molecular formula is C28H42N2O6. The minimum atomic E-state index is -1.17. The predicted octanol–water partition coefficient (Wildman–Crippen LogP) is 4.01. The standard InChI is InChI=1S/C28H42N2O6/c1-18(31)28(35)14-11-23-21-8-7-19-16-20(9-12-26(19,2)22(21)10-13-27(23,28)3)30-36-17-24(32)29-15-5-4-6-25(33)34/h16,21-23,35H,4-15,17H2,1-3H3,(H,29,32)(H,33,34)/b30-20-/t21-,22+,23+,26+,27-,28+/m0/s1. The van der Waals surface area contributed by atoms with Gasteiger partial charge in [-0.05, 0) is 100 Å². The molecule has 8 heteroatoms. The molecule has 4 rings (SSSR count). The molecule has 36 heavy (non-hydrogen) atoms. The highest BCUT2D eigenvalue weighted by Gasteiger charge is 2.65. The minimum absolute atomic E-state index is 0.0704. The first kappa shape index (κ1) is 26.8. The van der Waals surface area contributed by atoms with E-state index in [1.807, 2.05) is 0 Å². The fourth-order valence-corrected chi connectivity index (χ4v) is 8.09. The molecule has 0 aromatic carbocycles. The molecule has 4 aliphatic carbocycles. The highest BCUT2D eigenvalue weighted by atomic mass is 16.6. The van der Waals surface area contributed by atoms with Crippen molar-refractivity contribution in [2.24, 2.45) is 33.7 Å². The first-order valence-corrected chi connectivity index (χ1v) is 13.6. The third-order valence-corrected chi connectivity index (χ3v) is 10.2. The van der Waals surface area contributed by atoms with Crippen molar-refractivity contribution in [2.75, 3.05) is 13.2 Å². The molecule has 1 amide bonds. The molecule has 6 atom stereocenters. The number of rotatable bonds is 9. The molecule has 0 saturated heterocycles. The Bertz CT molecular complexity index is 960. The van der Waals surface area contributed by atoms with Crippen LogP contribution in [0.2, 0.25) is 0 Å². The summed E-state index contributed by atoms with van der Waals surface area (Å²) in [5, 5.41) is 26.9. The predicted molar refractivity (Wildman–Crippen MR) is 135 cm³/mol. The first-order valence-electron chi connectivity index (χ1n) is 13.6. The molecule has 3 saturated carbocycles. The van der Waals surface area contributed by atoms with Crippen molar-refractivity contribution in [2.45, 2.75) is 97.0 Å². The quantitative estimate of drug-likeness (QED) is 0.323. The van der Waals surface area contributed by atoms with Crippen molar-refractivity contribution in [3.63, 3.8) is 0 Å². The van der Waals surface area contributed by atoms with Gasteiger partial charge in [0.2, 0.25) is 0 Å². The van der Waals surface area contributed by atoms with Crippen LogP contribution in [-0.2, 0) is 19.2 Å². The lowest BCUT2D eigenvalue weighted by atomic mass is 9.46. The molecule has 0 spiro atoms. The number of hydrogen-bond acceptors (Lipinski definition) is 6. The van der Waals surface area contributed by atoms with Gasteiger partial charge in [0, 0.05) is 18.4 Å². The molecular weight excluding hydrogens is 460 g/mol. The number of nitrogens with zero attached hydrogens (tertiary/aromatic N) is 1.